The molecule has 106 valence electrons. The number of aliphatic hydroxyl groups is 1. The molecule has 1 unspecified atom stereocenters. The van der Waals surface area contributed by atoms with E-state index in [2.05, 4.69) is 0 Å². The number of aryl methyl sites for hydroxylation is 2. The van der Waals surface area contributed by atoms with Gasteiger partial charge in [-0.25, -0.2) is 0 Å². The summed E-state index contributed by atoms with van der Waals surface area (Å²) in [6.07, 6.45) is -0.862. The molecule has 1 aromatic carbocycles. The number of hydrogen-bond donors (Lipinski definition) is 1. The summed E-state index contributed by atoms with van der Waals surface area (Å²) >= 11 is 1.63. The first-order chi connectivity index (χ1) is 9.66. The summed E-state index contributed by atoms with van der Waals surface area (Å²) in [6.45, 7) is 5.32. The van der Waals surface area contributed by atoms with Crippen LogP contribution in [-0.2, 0) is 9.47 Å². The molecule has 20 heavy (non-hydrogen) atoms. The van der Waals surface area contributed by atoms with Gasteiger partial charge in [0, 0.05) is 4.88 Å². The Kier molecular flexibility index (Phi) is 3.89. The number of ether oxygens (including phenoxy) is 2. The summed E-state index contributed by atoms with van der Waals surface area (Å²) in [5, 5.41) is 10.6. The van der Waals surface area contributed by atoms with Crippen molar-refractivity contribution in [2.45, 2.75) is 26.2 Å². The lowest BCUT2D eigenvalue weighted by Crippen LogP contribution is -2.02. The predicted octanol–water partition coefficient (Wildman–Crippen LogP) is 3.49. The van der Waals surface area contributed by atoms with Crippen molar-refractivity contribution >= 4 is 11.3 Å². The lowest BCUT2D eigenvalue weighted by atomic mass is 9.98. The van der Waals surface area contributed by atoms with Crippen molar-refractivity contribution in [3.8, 4) is 0 Å². The third kappa shape index (κ3) is 2.52. The Balaban J connectivity index is 1.92. The van der Waals surface area contributed by atoms with Crippen molar-refractivity contribution in [2.75, 3.05) is 13.2 Å². The first-order valence-electron chi connectivity index (χ1n) is 6.74. The average molecular weight is 290 g/mol. The minimum Gasteiger partial charge on any atom is -0.384 e. The fourth-order valence-electron chi connectivity index (χ4n) is 2.49. The van der Waals surface area contributed by atoms with Crippen molar-refractivity contribution in [2.24, 2.45) is 0 Å². The van der Waals surface area contributed by atoms with E-state index in [1.165, 1.54) is 0 Å². The van der Waals surface area contributed by atoms with Crippen molar-refractivity contribution in [3.63, 3.8) is 0 Å². The standard InChI is InChI=1S/C16H18O3S/c1-10-5-3-4-6-12(10)15(17)13-9-14(20-11(13)2)16-18-7-8-19-16/h3-6,9,15-17H,7-8H2,1-2H3. The predicted molar refractivity (Wildman–Crippen MR) is 78.9 cm³/mol. The van der Waals surface area contributed by atoms with Crippen LogP contribution >= 0.6 is 11.3 Å². The van der Waals surface area contributed by atoms with Crippen LogP contribution in [0.2, 0.25) is 0 Å². The summed E-state index contributed by atoms with van der Waals surface area (Å²) in [4.78, 5) is 2.14. The zero-order chi connectivity index (χ0) is 14.1. The van der Waals surface area contributed by atoms with Crippen LogP contribution in [0.4, 0.5) is 0 Å². The molecule has 1 aliphatic rings. The Morgan fingerprint density at radius 1 is 1.15 bits per heavy atom. The average Bonchev–Trinajstić information content (AvgIpc) is 3.07. The molecule has 0 amide bonds. The minimum absolute atomic E-state index is 0.267. The summed E-state index contributed by atoms with van der Waals surface area (Å²) in [6, 6.07) is 9.94. The van der Waals surface area contributed by atoms with Crippen molar-refractivity contribution in [1.82, 2.24) is 0 Å². The van der Waals surface area contributed by atoms with Crippen molar-refractivity contribution < 1.29 is 14.6 Å². The Bertz CT molecular complexity index is 600. The molecule has 4 heteroatoms. The molecule has 3 nitrogen and oxygen atoms in total. The molecule has 0 bridgehead atoms. The van der Waals surface area contributed by atoms with Gasteiger partial charge in [0.05, 0.1) is 18.1 Å². The number of rotatable bonds is 3. The minimum atomic E-state index is -0.595. The zero-order valence-corrected chi connectivity index (χ0v) is 12.4. The van der Waals surface area contributed by atoms with Gasteiger partial charge >= 0.3 is 0 Å². The third-order valence-corrected chi connectivity index (χ3v) is 4.69. The van der Waals surface area contributed by atoms with E-state index in [0.717, 1.165) is 26.4 Å². The summed E-state index contributed by atoms with van der Waals surface area (Å²) in [5.74, 6) is 0. The number of hydrogen-bond acceptors (Lipinski definition) is 4. The lowest BCUT2D eigenvalue weighted by Gasteiger charge is -2.13. The van der Waals surface area contributed by atoms with Gasteiger partial charge in [0.2, 0.25) is 0 Å². The molecule has 0 saturated carbocycles. The normalized spacial score (nSPS) is 17.6. The quantitative estimate of drug-likeness (QED) is 0.940. The van der Waals surface area contributed by atoms with E-state index in [1.54, 1.807) is 11.3 Å². The molecule has 1 aliphatic heterocycles. The van der Waals surface area contributed by atoms with E-state index in [9.17, 15) is 5.11 Å². The van der Waals surface area contributed by atoms with Crippen LogP contribution in [0, 0.1) is 13.8 Å². The smallest absolute Gasteiger partial charge is 0.193 e. The van der Waals surface area contributed by atoms with Crippen LogP contribution in [0.15, 0.2) is 30.3 Å². The molecular formula is C16H18O3S. The van der Waals surface area contributed by atoms with Gasteiger partial charge in [-0.2, -0.15) is 0 Å². The van der Waals surface area contributed by atoms with E-state index in [4.69, 9.17) is 9.47 Å². The summed E-state index contributed by atoms with van der Waals surface area (Å²) in [5.41, 5.74) is 2.99. The van der Waals surface area contributed by atoms with E-state index in [0.29, 0.717) is 13.2 Å². The van der Waals surface area contributed by atoms with Gasteiger partial charge in [0.15, 0.2) is 6.29 Å². The Labute approximate surface area is 122 Å². The monoisotopic (exact) mass is 290 g/mol. The number of benzene rings is 1. The Morgan fingerprint density at radius 3 is 2.55 bits per heavy atom. The van der Waals surface area contributed by atoms with Gasteiger partial charge in [0.1, 0.15) is 6.10 Å². The van der Waals surface area contributed by atoms with Gasteiger partial charge < -0.3 is 14.6 Å². The van der Waals surface area contributed by atoms with Gasteiger partial charge in [0.25, 0.3) is 0 Å². The second kappa shape index (κ2) is 5.66. The topological polar surface area (TPSA) is 38.7 Å². The van der Waals surface area contributed by atoms with Crippen LogP contribution in [0.1, 0.15) is 38.8 Å². The number of aliphatic hydroxyl groups excluding tert-OH is 1. The fraction of sp³-hybridized carbons (Fsp3) is 0.375. The van der Waals surface area contributed by atoms with Crippen LogP contribution in [0.5, 0.6) is 0 Å². The van der Waals surface area contributed by atoms with Gasteiger partial charge in [-0.1, -0.05) is 24.3 Å². The van der Waals surface area contributed by atoms with Crippen molar-refractivity contribution in [1.29, 1.82) is 0 Å². The molecule has 0 spiro atoms. The molecule has 1 N–H and O–H groups in total. The Morgan fingerprint density at radius 2 is 1.85 bits per heavy atom. The highest BCUT2D eigenvalue weighted by atomic mass is 32.1. The Hall–Kier alpha value is -1.20. The van der Waals surface area contributed by atoms with Crippen molar-refractivity contribution in [3.05, 3.63) is 56.8 Å². The maximum Gasteiger partial charge on any atom is 0.193 e. The second-order valence-corrected chi connectivity index (χ2v) is 6.28. The molecule has 0 radical (unpaired) electrons. The summed E-state index contributed by atoms with van der Waals surface area (Å²) in [7, 11) is 0. The maximum atomic E-state index is 10.6. The fourth-order valence-corrected chi connectivity index (χ4v) is 3.55. The highest BCUT2D eigenvalue weighted by Crippen LogP contribution is 2.37. The summed E-state index contributed by atoms with van der Waals surface area (Å²) < 4.78 is 11.0. The van der Waals surface area contributed by atoms with E-state index in [-0.39, 0.29) is 6.29 Å². The molecule has 1 fully saturated rings. The van der Waals surface area contributed by atoms with Gasteiger partial charge in [-0.05, 0) is 36.6 Å². The SMILES string of the molecule is Cc1ccccc1C(O)c1cc(C2OCCO2)sc1C. The highest BCUT2D eigenvalue weighted by Gasteiger charge is 2.24. The molecule has 1 saturated heterocycles. The van der Waals surface area contributed by atoms with Crippen LogP contribution in [0.25, 0.3) is 0 Å². The van der Waals surface area contributed by atoms with Gasteiger partial charge in [-0.3, -0.25) is 0 Å². The van der Waals surface area contributed by atoms with E-state index in [1.807, 2.05) is 44.2 Å². The maximum absolute atomic E-state index is 10.6. The van der Waals surface area contributed by atoms with Crippen LogP contribution in [-0.4, -0.2) is 18.3 Å². The van der Waals surface area contributed by atoms with Crippen LogP contribution in [0.3, 0.4) is 0 Å². The van der Waals surface area contributed by atoms with Gasteiger partial charge in [-0.15, -0.1) is 11.3 Å². The van der Waals surface area contributed by atoms with E-state index < -0.39 is 6.10 Å². The molecule has 2 heterocycles. The first-order valence-corrected chi connectivity index (χ1v) is 7.55. The molecular weight excluding hydrogens is 272 g/mol. The van der Waals surface area contributed by atoms with E-state index >= 15 is 0 Å². The first kappa shape index (κ1) is 13.8. The largest absolute Gasteiger partial charge is 0.384 e. The third-order valence-electron chi connectivity index (χ3n) is 3.61. The highest BCUT2D eigenvalue weighted by molar-refractivity contribution is 7.12. The second-order valence-electron chi connectivity index (χ2n) is 4.99. The molecule has 1 aromatic heterocycles. The molecule has 1 atom stereocenters. The zero-order valence-electron chi connectivity index (χ0n) is 11.6. The molecule has 3 rings (SSSR count). The molecule has 0 aliphatic carbocycles. The number of thiophene rings is 1. The van der Waals surface area contributed by atoms with Crippen LogP contribution < -0.4 is 0 Å². The molecule has 2 aromatic rings. The lowest BCUT2D eigenvalue weighted by molar-refractivity contribution is -0.0414.